The van der Waals surface area contributed by atoms with Gasteiger partial charge in [0.2, 0.25) is 0 Å². The molecule has 0 fully saturated rings. The van der Waals surface area contributed by atoms with Gasteiger partial charge in [-0.3, -0.25) is 0 Å². The van der Waals surface area contributed by atoms with Crippen LogP contribution >= 0.6 is 11.3 Å². The predicted molar refractivity (Wildman–Crippen MR) is 239 cm³/mol. The molecular formula is C51H49BN2S. The van der Waals surface area contributed by atoms with Crippen LogP contribution in [0.1, 0.15) is 103 Å². The van der Waals surface area contributed by atoms with E-state index in [1.807, 2.05) is 11.3 Å². The Labute approximate surface area is 330 Å². The Kier molecular flexibility index (Phi) is 6.55. The summed E-state index contributed by atoms with van der Waals surface area (Å²) >= 11 is 1.93. The molecule has 0 amide bonds. The fraction of sp³-hybridized carbons (Fsp3) is 0.294. The van der Waals surface area contributed by atoms with Crippen molar-refractivity contribution < 1.29 is 0 Å². The van der Waals surface area contributed by atoms with E-state index >= 15 is 0 Å². The lowest BCUT2D eigenvalue weighted by atomic mass is 9.42. The third-order valence-electron chi connectivity index (χ3n) is 14.0. The van der Waals surface area contributed by atoms with Crippen LogP contribution in [0.3, 0.4) is 0 Å². The van der Waals surface area contributed by atoms with Gasteiger partial charge in [0.1, 0.15) is 0 Å². The molecule has 4 aliphatic rings. The van der Waals surface area contributed by atoms with Gasteiger partial charge >= 0.3 is 6.85 Å². The van der Waals surface area contributed by atoms with Crippen LogP contribution in [-0.4, -0.2) is 6.85 Å². The molecule has 0 radical (unpaired) electrons. The van der Waals surface area contributed by atoms with Gasteiger partial charge in [0, 0.05) is 53.9 Å². The number of anilines is 5. The zero-order valence-electron chi connectivity index (χ0n) is 33.7. The Bertz CT molecular complexity index is 2810. The van der Waals surface area contributed by atoms with Crippen molar-refractivity contribution in [2.24, 2.45) is 0 Å². The number of fused-ring (bicyclic) bond motifs is 11. The normalized spacial score (nSPS) is 18.1. The second-order valence-electron chi connectivity index (χ2n) is 19.6. The molecule has 272 valence electrons. The second-order valence-corrected chi connectivity index (χ2v) is 20.7. The van der Waals surface area contributed by atoms with Crippen molar-refractivity contribution in [1.29, 1.82) is 0 Å². The minimum Gasteiger partial charge on any atom is -0.376 e. The fourth-order valence-electron chi connectivity index (χ4n) is 10.8. The van der Waals surface area contributed by atoms with E-state index in [0.29, 0.717) is 0 Å². The van der Waals surface area contributed by atoms with Crippen LogP contribution in [0.25, 0.3) is 31.3 Å². The molecule has 0 bridgehead atoms. The first-order valence-electron chi connectivity index (χ1n) is 20.3. The Morgan fingerprint density at radius 3 is 2.13 bits per heavy atom. The van der Waals surface area contributed by atoms with Crippen LogP contribution in [0, 0.1) is 0 Å². The van der Waals surface area contributed by atoms with E-state index in [1.165, 1.54) is 111 Å². The highest BCUT2D eigenvalue weighted by atomic mass is 32.1. The molecule has 4 heterocycles. The molecule has 1 aromatic heterocycles. The number of nitrogens with zero attached hydrogens (tertiary/aromatic N) is 2. The van der Waals surface area contributed by atoms with E-state index in [2.05, 4.69) is 181 Å². The van der Waals surface area contributed by atoms with Gasteiger partial charge in [0.05, 0.1) is 5.69 Å². The van der Waals surface area contributed by atoms with Gasteiger partial charge in [-0.25, -0.2) is 0 Å². The van der Waals surface area contributed by atoms with Crippen LogP contribution in [0.4, 0.5) is 28.4 Å². The molecule has 7 aromatic rings. The minimum atomic E-state index is -0.157. The lowest BCUT2D eigenvalue weighted by Crippen LogP contribution is -2.62. The van der Waals surface area contributed by atoms with Gasteiger partial charge < -0.3 is 9.71 Å². The van der Waals surface area contributed by atoms with Gasteiger partial charge in [-0.15, -0.1) is 11.3 Å². The Hall–Kier alpha value is -4.80. The minimum absolute atomic E-state index is 0.0131. The molecule has 11 rings (SSSR count). The van der Waals surface area contributed by atoms with Crippen molar-refractivity contribution >= 4 is 77.7 Å². The largest absolute Gasteiger partial charge is 0.376 e. The number of hydrogen-bond donors (Lipinski definition) is 0. The van der Waals surface area contributed by atoms with Crippen molar-refractivity contribution in [3.63, 3.8) is 0 Å². The van der Waals surface area contributed by atoms with Crippen LogP contribution in [0.2, 0.25) is 0 Å². The fourth-order valence-corrected chi connectivity index (χ4v) is 11.9. The third kappa shape index (κ3) is 4.38. The van der Waals surface area contributed by atoms with Gasteiger partial charge in [-0.1, -0.05) is 135 Å². The monoisotopic (exact) mass is 732 g/mol. The molecule has 6 aromatic carbocycles. The van der Waals surface area contributed by atoms with Crippen LogP contribution < -0.4 is 20.6 Å². The molecule has 0 unspecified atom stereocenters. The summed E-state index contributed by atoms with van der Waals surface area (Å²) in [6, 6.07) is 42.9. The average Bonchev–Trinajstić information content (AvgIpc) is 3.55. The summed E-state index contributed by atoms with van der Waals surface area (Å²) in [6.45, 7) is 21.8. The quantitative estimate of drug-likeness (QED) is 0.155. The first-order valence-corrected chi connectivity index (χ1v) is 21.1. The van der Waals surface area contributed by atoms with E-state index in [-0.39, 0.29) is 28.5 Å². The molecule has 0 saturated heterocycles. The SMILES string of the molecule is CC(C)(C)c1cc2c3c(c1)N1c4ccccc4C(C)(C)c4cccc(c41)B3N(c1ccc3c(c1)C(C)(C)CCC3(C)C)c1c-2ccc2sc3ccccc3c12. The molecule has 0 atom stereocenters. The van der Waals surface area contributed by atoms with Crippen LogP contribution in [0.15, 0.2) is 109 Å². The second kappa shape index (κ2) is 10.7. The molecule has 0 spiro atoms. The van der Waals surface area contributed by atoms with E-state index in [1.54, 1.807) is 0 Å². The highest BCUT2D eigenvalue weighted by molar-refractivity contribution is 7.26. The van der Waals surface area contributed by atoms with Gasteiger partial charge in [-0.2, -0.15) is 0 Å². The van der Waals surface area contributed by atoms with Crippen molar-refractivity contribution in [3.05, 3.63) is 137 Å². The Balaban J connectivity index is 1.33. The molecule has 3 aliphatic heterocycles. The van der Waals surface area contributed by atoms with E-state index in [4.69, 9.17) is 0 Å². The summed E-state index contributed by atoms with van der Waals surface area (Å²) in [5, 5.41) is 2.73. The number of rotatable bonds is 1. The third-order valence-corrected chi connectivity index (χ3v) is 15.2. The smallest absolute Gasteiger partial charge is 0.333 e. The number of hydrogen-bond acceptors (Lipinski definition) is 3. The maximum absolute atomic E-state index is 2.79. The van der Waals surface area contributed by atoms with Crippen molar-refractivity contribution in [2.75, 3.05) is 9.71 Å². The number of para-hydroxylation sites is 2. The molecule has 4 heteroatoms. The molecule has 0 saturated carbocycles. The van der Waals surface area contributed by atoms with E-state index in [0.717, 1.165) is 0 Å². The molecule has 1 aliphatic carbocycles. The summed E-state index contributed by atoms with van der Waals surface area (Å²) < 4.78 is 2.70. The summed E-state index contributed by atoms with van der Waals surface area (Å²) in [6.07, 6.45) is 2.40. The van der Waals surface area contributed by atoms with Crippen molar-refractivity contribution in [1.82, 2.24) is 0 Å². The van der Waals surface area contributed by atoms with Crippen molar-refractivity contribution in [2.45, 2.75) is 96.8 Å². The topological polar surface area (TPSA) is 6.48 Å². The summed E-state index contributed by atoms with van der Waals surface area (Å²) in [5.41, 5.74) is 19.3. The molecule has 55 heavy (non-hydrogen) atoms. The average molecular weight is 733 g/mol. The lowest BCUT2D eigenvalue weighted by molar-refractivity contribution is 0.332. The summed E-state index contributed by atoms with van der Waals surface area (Å²) in [5.74, 6) is 0. The predicted octanol–water partition coefficient (Wildman–Crippen LogP) is 13.0. The Morgan fingerprint density at radius 2 is 1.33 bits per heavy atom. The van der Waals surface area contributed by atoms with Gasteiger partial charge in [0.25, 0.3) is 0 Å². The first-order chi connectivity index (χ1) is 26.2. The van der Waals surface area contributed by atoms with Crippen molar-refractivity contribution in [3.8, 4) is 11.1 Å². The number of benzene rings is 6. The van der Waals surface area contributed by atoms with Gasteiger partial charge in [0.15, 0.2) is 0 Å². The highest BCUT2D eigenvalue weighted by Crippen LogP contribution is 2.57. The zero-order chi connectivity index (χ0) is 38.0. The zero-order valence-corrected chi connectivity index (χ0v) is 34.5. The molecule has 0 N–H and O–H groups in total. The maximum atomic E-state index is 2.79. The van der Waals surface area contributed by atoms with Crippen LogP contribution in [0.5, 0.6) is 0 Å². The molecule has 2 nitrogen and oxygen atoms in total. The highest BCUT2D eigenvalue weighted by Gasteiger charge is 2.50. The Morgan fingerprint density at radius 1 is 0.600 bits per heavy atom. The number of thiophene rings is 1. The lowest BCUT2D eigenvalue weighted by Gasteiger charge is -2.51. The van der Waals surface area contributed by atoms with Gasteiger partial charge in [-0.05, 0) is 110 Å². The maximum Gasteiger partial charge on any atom is 0.333 e. The summed E-state index contributed by atoms with van der Waals surface area (Å²) in [7, 11) is 0. The van der Waals surface area contributed by atoms with E-state index in [9.17, 15) is 0 Å². The summed E-state index contributed by atoms with van der Waals surface area (Å²) in [4.78, 5) is 5.44. The molecular weight excluding hydrogens is 683 g/mol. The van der Waals surface area contributed by atoms with Crippen LogP contribution in [-0.2, 0) is 21.7 Å². The standard InChI is InChI=1S/C51H49BN2S/c1-48(2,3)30-27-34-32-22-24-43-44(33-15-10-13-20-42(33)55-43)46(32)54(31-21-23-35-38(29-31)50(6,7)26-25-49(35,4)5)52-39-18-14-17-37-47(39)53(41(28-30)45(34)52)40-19-12-11-16-36(40)51(37,8)9/h10-24,27-29H,25-26H2,1-9H3. The van der Waals surface area contributed by atoms with E-state index < -0.39 is 0 Å². The first kappa shape index (κ1) is 33.5.